The first-order valence-electron chi connectivity index (χ1n) is 5.93. The number of methoxy groups -OCH3 is 1. The quantitative estimate of drug-likeness (QED) is 0.717. The minimum absolute atomic E-state index is 0.435. The van der Waals surface area contributed by atoms with Crippen LogP contribution in [0.1, 0.15) is 12.5 Å². The van der Waals surface area contributed by atoms with E-state index in [4.69, 9.17) is 9.84 Å². The second kappa shape index (κ2) is 7.25. The van der Waals surface area contributed by atoms with Crippen LogP contribution in [0.2, 0.25) is 0 Å². The molecule has 0 radical (unpaired) electrons. The minimum atomic E-state index is -1.06. The first-order valence-corrected chi connectivity index (χ1v) is 5.93. The maximum Gasteiger partial charge on any atom is 0.325 e. The van der Waals surface area contributed by atoms with Gasteiger partial charge in [0.1, 0.15) is 11.8 Å². The molecule has 0 saturated carbocycles. The Balaban J connectivity index is 2.29. The number of carboxylic acid groups (broad SMARTS) is 1. The van der Waals surface area contributed by atoms with Gasteiger partial charge in [-0.05, 0) is 31.0 Å². The fourth-order valence-corrected chi connectivity index (χ4v) is 1.42. The third kappa shape index (κ3) is 5.29. The van der Waals surface area contributed by atoms with E-state index in [1.165, 1.54) is 6.92 Å². The van der Waals surface area contributed by atoms with E-state index in [0.717, 1.165) is 11.3 Å². The molecule has 104 valence electrons. The van der Waals surface area contributed by atoms with Gasteiger partial charge in [-0.25, -0.2) is 4.79 Å². The number of amides is 2. The molecule has 0 aromatic heterocycles. The predicted molar refractivity (Wildman–Crippen MR) is 70.3 cm³/mol. The van der Waals surface area contributed by atoms with Gasteiger partial charge in [0.2, 0.25) is 0 Å². The van der Waals surface area contributed by atoms with Crippen LogP contribution in [0.4, 0.5) is 4.79 Å². The van der Waals surface area contributed by atoms with E-state index in [1.54, 1.807) is 7.11 Å². The van der Waals surface area contributed by atoms with Crippen LogP contribution < -0.4 is 15.4 Å². The molecule has 0 aliphatic carbocycles. The highest BCUT2D eigenvalue weighted by atomic mass is 16.5. The van der Waals surface area contributed by atoms with Crippen LogP contribution in [0.15, 0.2) is 24.3 Å². The lowest BCUT2D eigenvalue weighted by atomic mass is 10.1. The van der Waals surface area contributed by atoms with Gasteiger partial charge >= 0.3 is 12.0 Å². The van der Waals surface area contributed by atoms with E-state index >= 15 is 0 Å². The lowest BCUT2D eigenvalue weighted by Crippen LogP contribution is -2.44. The Labute approximate surface area is 111 Å². The SMILES string of the molecule is COc1ccc(CCNC(=O)N[C@H](C)C(=O)O)cc1. The molecule has 0 saturated heterocycles. The van der Waals surface area contributed by atoms with Crippen LogP contribution in [0.5, 0.6) is 5.75 Å². The third-order valence-electron chi connectivity index (χ3n) is 2.58. The molecule has 1 atom stereocenters. The van der Waals surface area contributed by atoms with Gasteiger partial charge in [0, 0.05) is 6.54 Å². The standard InChI is InChI=1S/C13H18N2O4/c1-9(12(16)17)15-13(18)14-8-7-10-3-5-11(19-2)6-4-10/h3-6,9H,7-8H2,1-2H3,(H,16,17)(H2,14,15,18)/t9-/m1/s1. The molecule has 3 N–H and O–H groups in total. The largest absolute Gasteiger partial charge is 0.497 e. The molecule has 1 aromatic rings. The van der Waals surface area contributed by atoms with Gasteiger partial charge in [0.05, 0.1) is 7.11 Å². The summed E-state index contributed by atoms with van der Waals surface area (Å²) in [7, 11) is 1.60. The smallest absolute Gasteiger partial charge is 0.325 e. The van der Waals surface area contributed by atoms with Crippen LogP contribution in [0.25, 0.3) is 0 Å². The highest BCUT2D eigenvalue weighted by Crippen LogP contribution is 2.11. The summed E-state index contributed by atoms with van der Waals surface area (Å²) >= 11 is 0. The maximum absolute atomic E-state index is 11.3. The molecule has 0 fully saturated rings. The van der Waals surface area contributed by atoms with E-state index < -0.39 is 18.0 Å². The van der Waals surface area contributed by atoms with Crippen molar-refractivity contribution in [3.8, 4) is 5.75 Å². The van der Waals surface area contributed by atoms with Crippen molar-refractivity contribution in [3.05, 3.63) is 29.8 Å². The highest BCUT2D eigenvalue weighted by molar-refractivity contribution is 5.82. The number of nitrogens with one attached hydrogen (secondary N) is 2. The van der Waals surface area contributed by atoms with Crippen molar-refractivity contribution in [3.63, 3.8) is 0 Å². The molecule has 0 aliphatic heterocycles. The second-order valence-corrected chi connectivity index (χ2v) is 4.06. The zero-order valence-electron chi connectivity index (χ0n) is 11.0. The molecular formula is C13H18N2O4. The van der Waals surface area contributed by atoms with Gasteiger partial charge < -0.3 is 20.5 Å². The van der Waals surface area contributed by atoms with Crippen LogP contribution >= 0.6 is 0 Å². The lowest BCUT2D eigenvalue weighted by molar-refractivity contribution is -0.138. The van der Waals surface area contributed by atoms with Gasteiger partial charge in [-0.3, -0.25) is 4.79 Å². The average Bonchev–Trinajstić information content (AvgIpc) is 2.39. The number of hydrogen-bond acceptors (Lipinski definition) is 3. The third-order valence-corrected chi connectivity index (χ3v) is 2.58. The van der Waals surface area contributed by atoms with Crippen LogP contribution in [-0.2, 0) is 11.2 Å². The van der Waals surface area contributed by atoms with Gasteiger partial charge in [-0.2, -0.15) is 0 Å². The summed E-state index contributed by atoms with van der Waals surface area (Å²) in [6, 6.07) is 6.14. The number of carbonyl (C=O) groups excluding carboxylic acids is 1. The van der Waals surface area contributed by atoms with Crippen molar-refractivity contribution >= 4 is 12.0 Å². The number of carboxylic acids is 1. The molecule has 0 unspecified atom stereocenters. The second-order valence-electron chi connectivity index (χ2n) is 4.06. The van der Waals surface area contributed by atoms with Crippen molar-refractivity contribution in [2.75, 3.05) is 13.7 Å². The summed E-state index contributed by atoms with van der Waals surface area (Å²) in [4.78, 5) is 21.9. The normalized spacial score (nSPS) is 11.5. The van der Waals surface area contributed by atoms with Crippen LogP contribution in [-0.4, -0.2) is 36.8 Å². The van der Waals surface area contributed by atoms with E-state index in [0.29, 0.717) is 13.0 Å². The van der Waals surface area contributed by atoms with Gasteiger partial charge in [0.15, 0.2) is 0 Å². The summed E-state index contributed by atoms with van der Waals surface area (Å²) in [6.45, 7) is 1.84. The van der Waals surface area contributed by atoms with Crippen molar-refractivity contribution in [2.24, 2.45) is 0 Å². The molecule has 1 rings (SSSR count). The molecule has 19 heavy (non-hydrogen) atoms. The molecule has 0 heterocycles. The molecule has 0 spiro atoms. The van der Waals surface area contributed by atoms with Crippen molar-refractivity contribution in [1.82, 2.24) is 10.6 Å². The minimum Gasteiger partial charge on any atom is -0.497 e. The number of benzene rings is 1. The van der Waals surface area contributed by atoms with Crippen molar-refractivity contribution in [1.29, 1.82) is 0 Å². The Hall–Kier alpha value is -2.24. The maximum atomic E-state index is 11.3. The summed E-state index contributed by atoms with van der Waals surface area (Å²) < 4.78 is 5.04. The van der Waals surface area contributed by atoms with Crippen molar-refractivity contribution in [2.45, 2.75) is 19.4 Å². The molecule has 1 aromatic carbocycles. The Morgan fingerprint density at radius 2 is 1.95 bits per heavy atom. The average molecular weight is 266 g/mol. The Kier molecular flexibility index (Phi) is 5.66. The number of hydrogen-bond donors (Lipinski definition) is 3. The van der Waals surface area contributed by atoms with E-state index in [2.05, 4.69) is 10.6 Å². The fraction of sp³-hybridized carbons (Fsp3) is 0.385. The Morgan fingerprint density at radius 1 is 1.32 bits per heavy atom. The number of rotatable bonds is 6. The van der Waals surface area contributed by atoms with Crippen LogP contribution in [0, 0.1) is 0 Å². The summed E-state index contributed by atoms with van der Waals surface area (Å²) in [5.41, 5.74) is 1.06. The van der Waals surface area contributed by atoms with Crippen LogP contribution in [0.3, 0.4) is 0 Å². The Bertz CT molecular complexity index is 431. The number of urea groups is 1. The number of ether oxygens (including phenoxy) is 1. The molecule has 0 bridgehead atoms. The van der Waals surface area contributed by atoms with Crippen molar-refractivity contribution < 1.29 is 19.4 Å². The molecule has 6 nitrogen and oxygen atoms in total. The topological polar surface area (TPSA) is 87.7 Å². The van der Waals surface area contributed by atoms with E-state index in [-0.39, 0.29) is 0 Å². The Morgan fingerprint density at radius 3 is 2.47 bits per heavy atom. The van der Waals surface area contributed by atoms with E-state index in [1.807, 2.05) is 24.3 Å². The summed E-state index contributed by atoms with van der Waals surface area (Å²) in [5.74, 6) is -0.282. The zero-order valence-corrected chi connectivity index (χ0v) is 11.0. The highest BCUT2D eigenvalue weighted by Gasteiger charge is 2.12. The molecule has 2 amide bonds. The summed E-state index contributed by atoms with van der Waals surface area (Å²) in [6.07, 6.45) is 0.666. The summed E-state index contributed by atoms with van der Waals surface area (Å²) in [5, 5.41) is 13.5. The lowest BCUT2D eigenvalue weighted by Gasteiger charge is -2.10. The predicted octanol–water partition coefficient (Wildman–Crippen LogP) is 1.01. The number of carbonyl (C=O) groups is 2. The van der Waals surface area contributed by atoms with Gasteiger partial charge in [0.25, 0.3) is 0 Å². The van der Waals surface area contributed by atoms with Gasteiger partial charge in [-0.15, -0.1) is 0 Å². The first kappa shape index (κ1) is 14.8. The monoisotopic (exact) mass is 266 g/mol. The molecular weight excluding hydrogens is 248 g/mol. The van der Waals surface area contributed by atoms with Gasteiger partial charge in [-0.1, -0.05) is 12.1 Å². The number of aliphatic carboxylic acids is 1. The zero-order chi connectivity index (χ0) is 14.3. The fourth-order valence-electron chi connectivity index (χ4n) is 1.42. The molecule has 0 aliphatic rings. The molecule has 6 heteroatoms. The van der Waals surface area contributed by atoms with E-state index in [9.17, 15) is 9.59 Å². The first-order chi connectivity index (χ1) is 9.02.